The lowest BCUT2D eigenvalue weighted by Crippen LogP contribution is -3.13. The van der Waals surface area contributed by atoms with Gasteiger partial charge in [-0.15, -0.1) is 0 Å². The van der Waals surface area contributed by atoms with Crippen LogP contribution in [0.15, 0.2) is 18.2 Å². The third-order valence-electron chi connectivity index (χ3n) is 4.58. The van der Waals surface area contributed by atoms with Crippen LogP contribution in [0.5, 0.6) is 0 Å². The fourth-order valence-corrected chi connectivity index (χ4v) is 3.34. The number of nitrogens with one attached hydrogen (secondary N) is 3. The number of ether oxygens (including phenoxy) is 1. The van der Waals surface area contributed by atoms with Crippen molar-refractivity contribution in [1.82, 2.24) is 4.98 Å². The molecule has 2 aromatic rings. The van der Waals surface area contributed by atoms with Crippen LogP contribution in [0.25, 0.3) is 10.9 Å². The van der Waals surface area contributed by atoms with Crippen LogP contribution in [0.4, 0.5) is 5.69 Å². The number of aryl methyl sites for hydroxylation is 1. The van der Waals surface area contributed by atoms with Crippen LogP contribution in [-0.2, 0) is 9.53 Å². The van der Waals surface area contributed by atoms with Crippen LogP contribution in [-0.4, -0.2) is 43.6 Å². The van der Waals surface area contributed by atoms with Gasteiger partial charge in [0.25, 0.3) is 5.91 Å². The largest absolute Gasteiger partial charge is 0.464 e. The number of amides is 1. The number of piperidine rings is 1. The predicted molar refractivity (Wildman–Crippen MR) is 92.4 cm³/mol. The van der Waals surface area contributed by atoms with Crippen molar-refractivity contribution in [3.63, 3.8) is 0 Å². The number of quaternary nitrogens is 1. The number of aromatic amines is 1. The highest BCUT2D eigenvalue weighted by Crippen LogP contribution is 2.29. The Kier molecular flexibility index (Phi) is 4.85. The van der Waals surface area contributed by atoms with Crippen molar-refractivity contribution < 1.29 is 19.2 Å². The van der Waals surface area contributed by atoms with Crippen LogP contribution in [0.3, 0.4) is 0 Å². The standard InChI is InChI=1S/C18H23N3O3/c1-12-6-7-13-14(10-12)19-17(18(23)24-2)16(13)20-15(22)11-21-8-4-3-5-9-21/h6-7,10,19H,3-5,8-9,11H2,1-2H3,(H,20,22)/p+1. The predicted octanol–water partition coefficient (Wildman–Crippen LogP) is 1.27. The summed E-state index contributed by atoms with van der Waals surface area (Å²) in [6.07, 6.45) is 3.59. The number of hydrogen-bond acceptors (Lipinski definition) is 3. The van der Waals surface area contributed by atoms with E-state index in [4.69, 9.17) is 4.74 Å². The molecule has 128 valence electrons. The molecule has 0 radical (unpaired) electrons. The lowest BCUT2D eigenvalue weighted by molar-refractivity contribution is -0.896. The van der Waals surface area contributed by atoms with Gasteiger partial charge >= 0.3 is 5.97 Å². The van der Waals surface area contributed by atoms with Crippen LogP contribution >= 0.6 is 0 Å². The SMILES string of the molecule is COC(=O)c1[nH]c2cc(C)ccc2c1NC(=O)C[NH+]1CCCCC1. The summed E-state index contributed by atoms with van der Waals surface area (Å²) in [5.74, 6) is -0.553. The molecule has 1 aliphatic rings. The lowest BCUT2D eigenvalue weighted by Gasteiger charge is -2.22. The number of hydrogen-bond donors (Lipinski definition) is 3. The van der Waals surface area contributed by atoms with Gasteiger partial charge in [-0.25, -0.2) is 4.79 Å². The quantitative estimate of drug-likeness (QED) is 0.739. The van der Waals surface area contributed by atoms with Gasteiger partial charge in [0, 0.05) is 10.9 Å². The van der Waals surface area contributed by atoms with E-state index in [-0.39, 0.29) is 5.91 Å². The zero-order valence-corrected chi connectivity index (χ0v) is 14.2. The van der Waals surface area contributed by atoms with Crippen LogP contribution in [0.1, 0.15) is 35.3 Å². The molecule has 1 aromatic carbocycles. The highest BCUT2D eigenvalue weighted by atomic mass is 16.5. The normalized spacial score (nSPS) is 15.4. The van der Waals surface area contributed by atoms with Gasteiger partial charge in [0.1, 0.15) is 5.69 Å². The molecule has 1 saturated heterocycles. The summed E-state index contributed by atoms with van der Waals surface area (Å²) in [6.45, 7) is 4.48. The monoisotopic (exact) mass is 330 g/mol. The molecular formula is C18H24N3O3+. The van der Waals surface area contributed by atoms with Crippen molar-refractivity contribution >= 4 is 28.5 Å². The Labute approximate surface area is 141 Å². The fraction of sp³-hybridized carbons (Fsp3) is 0.444. The van der Waals surface area contributed by atoms with Crippen molar-refractivity contribution in [2.75, 3.05) is 32.1 Å². The molecule has 1 fully saturated rings. The molecule has 3 N–H and O–H groups in total. The Balaban J connectivity index is 1.86. The second kappa shape index (κ2) is 7.05. The molecule has 0 unspecified atom stereocenters. The van der Waals surface area contributed by atoms with E-state index in [0.29, 0.717) is 17.9 Å². The number of methoxy groups -OCH3 is 1. The number of rotatable bonds is 4. The number of anilines is 1. The van der Waals surface area contributed by atoms with Crippen molar-refractivity contribution in [3.8, 4) is 0 Å². The summed E-state index contributed by atoms with van der Waals surface area (Å²) in [5.41, 5.74) is 2.70. The minimum absolute atomic E-state index is 0.0708. The van der Waals surface area contributed by atoms with Gasteiger partial charge in [0.15, 0.2) is 6.54 Å². The first-order valence-corrected chi connectivity index (χ1v) is 8.42. The van der Waals surface area contributed by atoms with E-state index in [2.05, 4.69) is 10.3 Å². The van der Waals surface area contributed by atoms with Crippen LogP contribution < -0.4 is 10.2 Å². The first-order valence-electron chi connectivity index (χ1n) is 8.42. The van der Waals surface area contributed by atoms with Gasteiger partial charge in [0.05, 0.1) is 25.9 Å². The molecule has 0 bridgehead atoms. The topological polar surface area (TPSA) is 75.6 Å². The number of carbonyl (C=O) groups is 2. The van der Waals surface area contributed by atoms with Gasteiger partial charge in [-0.3, -0.25) is 4.79 Å². The second-order valence-corrected chi connectivity index (χ2v) is 6.45. The summed E-state index contributed by atoms with van der Waals surface area (Å²) in [6, 6.07) is 5.83. The molecule has 0 atom stereocenters. The Morgan fingerprint density at radius 1 is 1.25 bits per heavy atom. The van der Waals surface area contributed by atoms with Crippen molar-refractivity contribution in [3.05, 3.63) is 29.5 Å². The molecule has 6 heteroatoms. The molecule has 1 aliphatic heterocycles. The molecule has 24 heavy (non-hydrogen) atoms. The maximum absolute atomic E-state index is 12.5. The van der Waals surface area contributed by atoms with Crippen LogP contribution in [0, 0.1) is 6.92 Å². The maximum Gasteiger partial charge on any atom is 0.356 e. The molecule has 0 spiro atoms. The van der Waals surface area contributed by atoms with Gasteiger partial charge in [0.2, 0.25) is 0 Å². The molecule has 0 aliphatic carbocycles. The third-order valence-corrected chi connectivity index (χ3v) is 4.58. The van der Waals surface area contributed by atoms with Crippen molar-refractivity contribution in [2.45, 2.75) is 26.2 Å². The van der Waals surface area contributed by atoms with E-state index in [9.17, 15) is 9.59 Å². The Hall–Kier alpha value is -2.34. The molecule has 0 saturated carbocycles. The van der Waals surface area contributed by atoms with Gasteiger partial charge < -0.3 is 19.9 Å². The summed E-state index contributed by atoms with van der Waals surface area (Å²) in [7, 11) is 1.34. The van der Waals surface area contributed by atoms with E-state index < -0.39 is 5.97 Å². The van der Waals surface area contributed by atoms with Crippen LogP contribution in [0.2, 0.25) is 0 Å². The van der Waals surface area contributed by atoms with E-state index in [1.807, 2.05) is 25.1 Å². The first-order chi connectivity index (χ1) is 11.6. The minimum atomic E-state index is -0.482. The zero-order valence-electron chi connectivity index (χ0n) is 14.2. The number of esters is 1. The molecule has 3 rings (SSSR count). The minimum Gasteiger partial charge on any atom is -0.464 e. The highest BCUT2D eigenvalue weighted by Gasteiger charge is 2.23. The number of H-pyrrole nitrogens is 1. The van der Waals surface area contributed by atoms with Crippen molar-refractivity contribution in [1.29, 1.82) is 0 Å². The smallest absolute Gasteiger partial charge is 0.356 e. The van der Waals surface area contributed by atoms with E-state index in [0.717, 1.165) is 29.6 Å². The number of fused-ring (bicyclic) bond motifs is 1. The average molecular weight is 330 g/mol. The van der Waals surface area contributed by atoms with Gasteiger partial charge in [-0.05, 0) is 37.8 Å². The second-order valence-electron chi connectivity index (χ2n) is 6.45. The lowest BCUT2D eigenvalue weighted by atomic mass is 10.1. The molecular weight excluding hydrogens is 306 g/mol. The summed E-state index contributed by atoms with van der Waals surface area (Å²) in [4.78, 5) is 28.9. The number of aromatic nitrogens is 1. The third kappa shape index (κ3) is 3.43. The van der Waals surface area contributed by atoms with Crippen molar-refractivity contribution in [2.24, 2.45) is 0 Å². The molecule has 1 amide bonds. The number of likely N-dealkylation sites (tertiary alicyclic amines) is 1. The zero-order chi connectivity index (χ0) is 17.1. The van der Waals surface area contributed by atoms with Gasteiger partial charge in [-0.1, -0.05) is 12.1 Å². The van der Waals surface area contributed by atoms with Gasteiger partial charge in [-0.2, -0.15) is 0 Å². The molecule has 1 aromatic heterocycles. The maximum atomic E-state index is 12.5. The summed E-state index contributed by atoms with van der Waals surface area (Å²) < 4.78 is 4.84. The number of carbonyl (C=O) groups excluding carboxylic acids is 2. The Morgan fingerprint density at radius 3 is 2.71 bits per heavy atom. The Bertz CT molecular complexity index is 760. The molecule has 2 heterocycles. The number of benzene rings is 1. The first kappa shape index (κ1) is 16.5. The molecule has 6 nitrogen and oxygen atoms in total. The van der Waals surface area contributed by atoms with E-state index in [1.54, 1.807) is 0 Å². The summed E-state index contributed by atoms with van der Waals surface area (Å²) >= 11 is 0. The average Bonchev–Trinajstić information content (AvgIpc) is 2.92. The summed E-state index contributed by atoms with van der Waals surface area (Å²) in [5, 5.41) is 3.75. The highest BCUT2D eigenvalue weighted by molar-refractivity contribution is 6.11. The van der Waals surface area contributed by atoms with E-state index in [1.165, 1.54) is 31.3 Å². The van der Waals surface area contributed by atoms with E-state index >= 15 is 0 Å². The fourth-order valence-electron chi connectivity index (χ4n) is 3.34. The Morgan fingerprint density at radius 2 is 2.00 bits per heavy atom.